The lowest BCUT2D eigenvalue weighted by atomic mass is 10.1. The second kappa shape index (κ2) is 11.0. The molecule has 1 N–H and O–H groups in total. The number of amides is 2. The van der Waals surface area contributed by atoms with Crippen LogP contribution in [-0.2, 0) is 26.2 Å². The van der Waals surface area contributed by atoms with E-state index in [2.05, 4.69) is 5.32 Å². The van der Waals surface area contributed by atoms with E-state index in [0.717, 1.165) is 21.7 Å². The Morgan fingerprint density at radius 1 is 1.09 bits per heavy atom. The van der Waals surface area contributed by atoms with Crippen LogP contribution in [0.3, 0.4) is 0 Å². The molecule has 0 fully saturated rings. The Morgan fingerprint density at radius 2 is 1.75 bits per heavy atom. The maximum absolute atomic E-state index is 13.5. The molecule has 0 saturated carbocycles. The van der Waals surface area contributed by atoms with E-state index in [1.54, 1.807) is 13.0 Å². The van der Waals surface area contributed by atoms with E-state index in [-0.39, 0.29) is 28.2 Å². The largest absolute Gasteiger partial charge is 0.357 e. The molecule has 1 atom stereocenters. The van der Waals surface area contributed by atoms with Crippen LogP contribution in [0, 0.1) is 6.92 Å². The third-order valence-electron chi connectivity index (χ3n) is 5.11. The molecule has 0 bridgehead atoms. The van der Waals surface area contributed by atoms with Gasteiger partial charge in [-0.25, -0.2) is 8.42 Å². The molecule has 2 aromatic carbocycles. The molecule has 174 valence electrons. The van der Waals surface area contributed by atoms with Gasteiger partial charge in [0.2, 0.25) is 21.8 Å². The van der Waals surface area contributed by atoms with Crippen molar-refractivity contribution in [2.75, 3.05) is 24.2 Å². The average molecular weight is 500 g/mol. The van der Waals surface area contributed by atoms with Crippen LogP contribution >= 0.6 is 23.2 Å². The Labute approximate surface area is 199 Å². The lowest BCUT2D eigenvalue weighted by molar-refractivity contribution is -0.140. The van der Waals surface area contributed by atoms with Gasteiger partial charge in [0.05, 0.1) is 22.0 Å². The Bertz CT molecular complexity index is 1090. The zero-order chi connectivity index (χ0) is 24.1. The van der Waals surface area contributed by atoms with Crippen LogP contribution in [0.1, 0.15) is 24.5 Å². The summed E-state index contributed by atoms with van der Waals surface area (Å²) in [5.74, 6) is -0.869. The predicted octanol–water partition coefficient (Wildman–Crippen LogP) is 3.62. The highest BCUT2D eigenvalue weighted by Crippen LogP contribution is 2.33. The first kappa shape index (κ1) is 26.0. The smallest absolute Gasteiger partial charge is 0.244 e. The first-order valence-corrected chi connectivity index (χ1v) is 12.6. The minimum absolute atomic E-state index is 0.0242. The Hall–Kier alpha value is -2.29. The Morgan fingerprint density at radius 3 is 2.31 bits per heavy atom. The highest BCUT2D eigenvalue weighted by molar-refractivity contribution is 7.92. The molecule has 0 aromatic heterocycles. The quantitative estimate of drug-likeness (QED) is 0.570. The summed E-state index contributed by atoms with van der Waals surface area (Å²) in [6.07, 6.45) is 1.34. The number of carbonyl (C=O) groups excluding carboxylic acids is 2. The molecule has 2 amide bonds. The number of sulfonamides is 1. The normalized spacial score (nSPS) is 12.2. The Kier molecular flexibility index (Phi) is 8.95. The predicted molar refractivity (Wildman–Crippen MR) is 129 cm³/mol. The van der Waals surface area contributed by atoms with E-state index in [1.165, 1.54) is 24.1 Å². The maximum Gasteiger partial charge on any atom is 0.244 e. The number of carbonyl (C=O) groups is 2. The topological polar surface area (TPSA) is 86.8 Å². The number of rotatable bonds is 9. The highest BCUT2D eigenvalue weighted by Gasteiger charge is 2.32. The third kappa shape index (κ3) is 6.15. The summed E-state index contributed by atoms with van der Waals surface area (Å²) in [6, 6.07) is 11.3. The lowest BCUT2D eigenvalue weighted by Gasteiger charge is -2.33. The molecule has 0 aliphatic rings. The summed E-state index contributed by atoms with van der Waals surface area (Å²) >= 11 is 12.3. The van der Waals surface area contributed by atoms with Crippen LogP contribution in [0.2, 0.25) is 10.0 Å². The van der Waals surface area contributed by atoms with Gasteiger partial charge in [-0.1, -0.05) is 60.5 Å². The van der Waals surface area contributed by atoms with E-state index in [1.807, 2.05) is 31.2 Å². The summed E-state index contributed by atoms with van der Waals surface area (Å²) in [5.41, 5.74) is 1.91. The van der Waals surface area contributed by atoms with Gasteiger partial charge in [0, 0.05) is 13.6 Å². The number of anilines is 1. The van der Waals surface area contributed by atoms with Crippen LogP contribution in [0.15, 0.2) is 42.5 Å². The van der Waals surface area contributed by atoms with Crippen molar-refractivity contribution in [2.45, 2.75) is 32.9 Å². The van der Waals surface area contributed by atoms with Crippen LogP contribution in [0.5, 0.6) is 0 Å². The van der Waals surface area contributed by atoms with E-state index >= 15 is 0 Å². The number of hydrogen-bond donors (Lipinski definition) is 1. The van der Waals surface area contributed by atoms with E-state index in [4.69, 9.17) is 23.2 Å². The molecule has 0 unspecified atom stereocenters. The monoisotopic (exact) mass is 499 g/mol. The maximum atomic E-state index is 13.5. The minimum atomic E-state index is -3.88. The van der Waals surface area contributed by atoms with Crippen molar-refractivity contribution in [3.05, 3.63) is 63.6 Å². The first-order chi connectivity index (χ1) is 15.0. The fraction of sp³-hybridized carbons (Fsp3) is 0.364. The Balaban J connectivity index is 2.49. The van der Waals surface area contributed by atoms with Crippen molar-refractivity contribution in [1.82, 2.24) is 10.2 Å². The van der Waals surface area contributed by atoms with Gasteiger partial charge in [-0.05, 0) is 36.6 Å². The standard InChI is InChI=1S/C22H27Cl2N3O4S/c1-5-18(22(29)25-3)26(13-16-10-7-6-9-15(16)2)20(28)14-27(32(4,30)31)19-12-8-11-17(23)21(19)24/h6-12,18H,5,13-14H2,1-4H3,(H,25,29)/t18-/m1/s1. The van der Waals surface area contributed by atoms with E-state index < -0.39 is 28.5 Å². The molecule has 0 spiro atoms. The average Bonchev–Trinajstić information content (AvgIpc) is 2.74. The number of halogens is 2. The summed E-state index contributed by atoms with van der Waals surface area (Å²) in [4.78, 5) is 27.4. The minimum Gasteiger partial charge on any atom is -0.357 e. The molecule has 0 saturated heterocycles. The molecular formula is C22H27Cl2N3O4S. The van der Waals surface area contributed by atoms with Crippen molar-refractivity contribution < 1.29 is 18.0 Å². The summed E-state index contributed by atoms with van der Waals surface area (Å²) in [5, 5.41) is 2.77. The first-order valence-electron chi connectivity index (χ1n) is 9.98. The fourth-order valence-corrected chi connectivity index (χ4v) is 4.64. The molecule has 0 heterocycles. The number of hydrogen-bond acceptors (Lipinski definition) is 4. The zero-order valence-electron chi connectivity index (χ0n) is 18.4. The van der Waals surface area contributed by atoms with Crippen LogP contribution in [0.25, 0.3) is 0 Å². The van der Waals surface area contributed by atoms with Gasteiger partial charge in [0.15, 0.2) is 0 Å². The molecule has 0 aliphatic heterocycles. The van der Waals surface area contributed by atoms with Gasteiger partial charge in [0.25, 0.3) is 0 Å². The lowest BCUT2D eigenvalue weighted by Crippen LogP contribution is -2.51. The van der Waals surface area contributed by atoms with Crippen molar-refractivity contribution in [3.63, 3.8) is 0 Å². The number of aryl methyl sites for hydroxylation is 1. The summed E-state index contributed by atoms with van der Waals surface area (Å²) in [6.45, 7) is 3.32. The molecular weight excluding hydrogens is 473 g/mol. The van der Waals surface area contributed by atoms with E-state index in [9.17, 15) is 18.0 Å². The molecule has 7 nitrogen and oxygen atoms in total. The molecule has 32 heavy (non-hydrogen) atoms. The summed E-state index contributed by atoms with van der Waals surface area (Å²) in [7, 11) is -2.39. The van der Waals surface area contributed by atoms with E-state index in [0.29, 0.717) is 6.42 Å². The van der Waals surface area contributed by atoms with Crippen molar-refractivity contribution in [3.8, 4) is 0 Å². The van der Waals surface area contributed by atoms with Crippen LogP contribution in [0.4, 0.5) is 5.69 Å². The van der Waals surface area contributed by atoms with Crippen molar-refractivity contribution >= 4 is 50.7 Å². The SMILES string of the molecule is CC[C@H](C(=O)NC)N(Cc1ccccc1C)C(=O)CN(c1cccc(Cl)c1Cl)S(C)(=O)=O. The number of nitrogens with one attached hydrogen (secondary N) is 1. The molecule has 0 radical (unpaired) electrons. The van der Waals surface area contributed by atoms with Gasteiger partial charge >= 0.3 is 0 Å². The zero-order valence-corrected chi connectivity index (χ0v) is 20.8. The van der Waals surface area contributed by atoms with Gasteiger partial charge in [0.1, 0.15) is 12.6 Å². The highest BCUT2D eigenvalue weighted by atomic mass is 35.5. The third-order valence-corrected chi connectivity index (χ3v) is 7.05. The second-order valence-corrected chi connectivity index (χ2v) is 10.0. The van der Waals surface area contributed by atoms with Crippen molar-refractivity contribution in [2.24, 2.45) is 0 Å². The number of benzene rings is 2. The molecule has 0 aliphatic carbocycles. The van der Waals surface area contributed by atoms with Crippen LogP contribution < -0.4 is 9.62 Å². The fourth-order valence-electron chi connectivity index (χ4n) is 3.34. The van der Waals surface area contributed by atoms with Gasteiger partial charge in [-0.2, -0.15) is 0 Å². The number of likely N-dealkylation sites (N-methyl/N-ethyl adjacent to an activating group) is 1. The van der Waals surface area contributed by atoms with Crippen LogP contribution in [-0.4, -0.2) is 51.0 Å². The van der Waals surface area contributed by atoms with Crippen molar-refractivity contribution in [1.29, 1.82) is 0 Å². The van der Waals surface area contributed by atoms with Gasteiger partial charge in [-0.3, -0.25) is 13.9 Å². The number of nitrogens with zero attached hydrogens (tertiary/aromatic N) is 2. The molecule has 2 rings (SSSR count). The molecule has 2 aromatic rings. The van der Waals surface area contributed by atoms with Gasteiger partial charge in [-0.15, -0.1) is 0 Å². The summed E-state index contributed by atoms with van der Waals surface area (Å²) < 4.78 is 26.0. The molecule has 10 heteroatoms. The van der Waals surface area contributed by atoms with Gasteiger partial charge < -0.3 is 10.2 Å². The second-order valence-electron chi connectivity index (χ2n) is 7.33.